The van der Waals surface area contributed by atoms with E-state index in [1.54, 1.807) is 13.8 Å². The highest BCUT2D eigenvalue weighted by Gasteiger charge is 2.35. The molecular formula is C22H31N3O8. The summed E-state index contributed by atoms with van der Waals surface area (Å²) < 4.78 is 5.82. The Balaban J connectivity index is 1.77. The molecule has 1 saturated heterocycles. The van der Waals surface area contributed by atoms with E-state index in [0.29, 0.717) is 17.9 Å². The van der Waals surface area contributed by atoms with Crippen LogP contribution in [0.15, 0.2) is 12.2 Å². The zero-order valence-corrected chi connectivity index (χ0v) is 19.5. The van der Waals surface area contributed by atoms with Gasteiger partial charge in [0, 0.05) is 50.1 Å². The van der Waals surface area contributed by atoms with Crippen molar-refractivity contribution in [3.05, 3.63) is 12.2 Å². The smallest absolute Gasteiger partial charge is 0.336 e. The molecule has 0 aromatic carbocycles. The van der Waals surface area contributed by atoms with Crippen molar-refractivity contribution < 1.29 is 38.3 Å². The molecule has 0 aliphatic carbocycles. The zero-order chi connectivity index (χ0) is 24.8. The van der Waals surface area contributed by atoms with Crippen LogP contribution in [-0.4, -0.2) is 69.8 Å². The van der Waals surface area contributed by atoms with Crippen molar-refractivity contribution in [3.8, 4) is 0 Å². The van der Waals surface area contributed by atoms with E-state index in [1.807, 2.05) is 13.8 Å². The molecule has 2 aliphatic heterocycles. The van der Waals surface area contributed by atoms with Gasteiger partial charge < -0.3 is 14.9 Å². The number of imide groups is 2. The summed E-state index contributed by atoms with van der Waals surface area (Å²) in [5.74, 6) is -3.00. The zero-order valence-electron chi connectivity index (χ0n) is 19.5. The maximum absolute atomic E-state index is 12.4. The quantitative estimate of drug-likeness (QED) is 0.417. The Hall–Kier alpha value is -3.08. The lowest BCUT2D eigenvalue weighted by atomic mass is 9.94. The molecule has 0 spiro atoms. The van der Waals surface area contributed by atoms with Crippen molar-refractivity contribution in [1.29, 1.82) is 0 Å². The third-order valence-electron chi connectivity index (χ3n) is 5.60. The molecule has 0 aromatic rings. The molecule has 182 valence electrons. The first-order valence-electron chi connectivity index (χ1n) is 10.9. The van der Waals surface area contributed by atoms with Crippen LogP contribution in [0.3, 0.4) is 0 Å². The van der Waals surface area contributed by atoms with E-state index < -0.39 is 40.7 Å². The van der Waals surface area contributed by atoms with Gasteiger partial charge >= 0.3 is 5.97 Å². The van der Waals surface area contributed by atoms with E-state index in [0.717, 1.165) is 4.90 Å². The Bertz CT molecular complexity index is 832. The van der Waals surface area contributed by atoms with Crippen molar-refractivity contribution >= 4 is 35.5 Å². The van der Waals surface area contributed by atoms with Crippen molar-refractivity contribution in [2.75, 3.05) is 13.2 Å². The topological polar surface area (TPSA) is 139 Å². The second-order valence-corrected chi connectivity index (χ2v) is 8.95. The molecule has 2 aliphatic rings. The number of hydroxylamine groups is 2. The maximum atomic E-state index is 12.4. The van der Waals surface area contributed by atoms with Crippen molar-refractivity contribution in [3.63, 3.8) is 0 Å². The lowest BCUT2D eigenvalue weighted by Crippen LogP contribution is -2.47. The van der Waals surface area contributed by atoms with Gasteiger partial charge in [-0.3, -0.25) is 28.9 Å². The lowest BCUT2D eigenvalue weighted by Gasteiger charge is -2.32. The predicted octanol–water partition coefficient (Wildman–Crippen LogP) is 0.769. The molecule has 33 heavy (non-hydrogen) atoms. The third kappa shape index (κ3) is 7.48. The Labute approximate surface area is 192 Å². The van der Waals surface area contributed by atoms with Crippen LogP contribution in [0.5, 0.6) is 0 Å². The minimum atomic E-state index is -0.926. The standard InChI is InChI=1S/C22H31N3O8/c1-5-22(4,23-15(26)10-12-24-16(27)6-7-17(24)28)11-13-32-21(2,3)14-20(31)33-25-18(29)8-9-19(25)30/h6-7H,5,8-14H2,1-4H3,(H,23,26). The monoisotopic (exact) mass is 465 g/mol. The number of carbonyl (C=O) groups excluding carboxylic acids is 6. The molecule has 0 aromatic heterocycles. The molecule has 0 radical (unpaired) electrons. The third-order valence-corrected chi connectivity index (χ3v) is 5.60. The molecule has 2 heterocycles. The van der Waals surface area contributed by atoms with Crippen LogP contribution in [-0.2, 0) is 38.3 Å². The SMILES string of the molecule is CCC(C)(CCOC(C)(C)CC(=O)ON1C(=O)CCC1=O)NC(=O)CCN1C(=O)C=CC1=O. The summed E-state index contributed by atoms with van der Waals surface area (Å²) in [6.07, 6.45) is 3.25. The Kier molecular flexibility index (Phi) is 8.48. The number of amides is 5. The van der Waals surface area contributed by atoms with Gasteiger partial charge in [0.05, 0.1) is 12.0 Å². The fourth-order valence-electron chi connectivity index (χ4n) is 3.33. The van der Waals surface area contributed by atoms with Gasteiger partial charge in [0.15, 0.2) is 0 Å². The van der Waals surface area contributed by atoms with E-state index in [1.165, 1.54) is 12.2 Å². The second-order valence-electron chi connectivity index (χ2n) is 8.95. The highest BCUT2D eigenvalue weighted by molar-refractivity contribution is 6.13. The summed E-state index contributed by atoms with van der Waals surface area (Å²) >= 11 is 0. The molecule has 11 heteroatoms. The number of rotatable bonds is 12. The summed E-state index contributed by atoms with van der Waals surface area (Å²) in [7, 11) is 0. The molecule has 0 saturated carbocycles. The summed E-state index contributed by atoms with van der Waals surface area (Å²) in [4.78, 5) is 76.7. The average Bonchev–Trinajstić information content (AvgIpc) is 3.21. The number of nitrogens with zero attached hydrogens (tertiary/aromatic N) is 2. The molecule has 0 bridgehead atoms. The Morgan fingerprint density at radius 3 is 2.15 bits per heavy atom. The Morgan fingerprint density at radius 2 is 1.61 bits per heavy atom. The van der Waals surface area contributed by atoms with Crippen LogP contribution in [0.4, 0.5) is 0 Å². The highest BCUT2D eigenvalue weighted by atomic mass is 16.7. The molecule has 11 nitrogen and oxygen atoms in total. The van der Waals surface area contributed by atoms with Crippen molar-refractivity contribution in [2.45, 2.75) is 77.4 Å². The number of nitrogens with one attached hydrogen (secondary N) is 1. The van der Waals surface area contributed by atoms with Gasteiger partial charge in [0.1, 0.15) is 0 Å². The van der Waals surface area contributed by atoms with E-state index in [4.69, 9.17) is 9.57 Å². The Morgan fingerprint density at radius 1 is 1.03 bits per heavy atom. The van der Waals surface area contributed by atoms with Crippen LogP contribution in [0, 0.1) is 0 Å². The first-order valence-corrected chi connectivity index (χ1v) is 10.9. The van der Waals surface area contributed by atoms with Crippen molar-refractivity contribution in [2.24, 2.45) is 0 Å². The summed E-state index contributed by atoms with van der Waals surface area (Å²) in [6, 6.07) is 0. The van der Waals surface area contributed by atoms with Gasteiger partial charge in [0.2, 0.25) is 5.91 Å². The van der Waals surface area contributed by atoms with Crippen LogP contribution < -0.4 is 5.32 Å². The fraction of sp³-hybridized carbons (Fsp3) is 0.636. The van der Waals surface area contributed by atoms with Crippen LogP contribution in [0.2, 0.25) is 0 Å². The van der Waals surface area contributed by atoms with E-state index in [-0.39, 0.29) is 44.7 Å². The lowest BCUT2D eigenvalue weighted by molar-refractivity contribution is -0.201. The molecule has 1 unspecified atom stereocenters. The summed E-state index contributed by atoms with van der Waals surface area (Å²) in [5, 5.41) is 3.42. The van der Waals surface area contributed by atoms with Crippen LogP contribution in [0.25, 0.3) is 0 Å². The van der Waals surface area contributed by atoms with Gasteiger partial charge in [-0.15, -0.1) is 5.06 Å². The fourth-order valence-corrected chi connectivity index (χ4v) is 3.33. The first-order chi connectivity index (χ1) is 15.4. The maximum Gasteiger partial charge on any atom is 0.336 e. The molecule has 1 atom stereocenters. The van der Waals surface area contributed by atoms with Crippen LogP contribution >= 0.6 is 0 Å². The molecule has 1 fully saturated rings. The molecular weight excluding hydrogens is 434 g/mol. The van der Waals surface area contributed by atoms with E-state index in [2.05, 4.69) is 5.32 Å². The minimum absolute atomic E-state index is 0.00393. The van der Waals surface area contributed by atoms with Gasteiger partial charge in [-0.2, -0.15) is 0 Å². The normalized spacial score (nSPS) is 18.2. The van der Waals surface area contributed by atoms with Gasteiger partial charge in [-0.25, -0.2) is 4.79 Å². The van der Waals surface area contributed by atoms with E-state index in [9.17, 15) is 28.8 Å². The van der Waals surface area contributed by atoms with Gasteiger partial charge in [-0.1, -0.05) is 6.92 Å². The largest absolute Gasteiger partial charge is 0.375 e. The first kappa shape index (κ1) is 26.2. The van der Waals surface area contributed by atoms with Crippen molar-refractivity contribution in [1.82, 2.24) is 15.3 Å². The highest BCUT2D eigenvalue weighted by Crippen LogP contribution is 2.21. The molecule has 5 amide bonds. The van der Waals surface area contributed by atoms with Gasteiger partial charge in [-0.05, 0) is 33.6 Å². The van der Waals surface area contributed by atoms with Gasteiger partial charge in [0.25, 0.3) is 23.6 Å². The van der Waals surface area contributed by atoms with E-state index >= 15 is 0 Å². The number of ether oxygens (including phenoxy) is 1. The number of carbonyl (C=O) groups is 6. The molecule has 2 rings (SSSR count). The average molecular weight is 466 g/mol. The second kappa shape index (κ2) is 10.7. The summed E-state index contributed by atoms with van der Waals surface area (Å²) in [6.45, 7) is 7.35. The molecule has 1 N–H and O–H groups in total. The number of hydrogen-bond acceptors (Lipinski definition) is 8. The number of hydrogen-bond donors (Lipinski definition) is 1. The predicted molar refractivity (Wildman–Crippen MR) is 114 cm³/mol. The minimum Gasteiger partial charge on any atom is -0.375 e. The van der Waals surface area contributed by atoms with Crippen LogP contribution in [0.1, 0.15) is 66.2 Å². The summed E-state index contributed by atoms with van der Waals surface area (Å²) in [5.41, 5.74) is -1.52.